The number of hydrogen-bond acceptors (Lipinski definition) is 4. The summed E-state index contributed by atoms with van der Waals surface area (Å²) in [6, 6.07) is 11.9. The van der Waals surface area contributed by atoms with Crippen LogP contribution < -0.4 is 19.5 Å². The molecule has 1 aliphatic heterocycles. The maximum absolute atomic E-state index is 12.2. The van der Waals surface area contributed by atoms with Gasteiger partial charge in [-0.2, -0.15) is 0 Å². The molecule has 0 aromatic heterocycles. The van der Waals surface area contributed by atoms with Crippen LogP contribution in [0.4, 0.5) is 0 Å². The molecule has 3 rings (SSSR count). The highest BCUT2D eigenvalue weighted by Gasteiger charge is 2.24. The fourth-order valence-electron chi connectivity index (χ4n) is 2.94. The van der Waals surface area contributed by atoms with Crippen LogP contribution in [-0.4, -0.2) is 32.3 Å². The summed E-state index contributed by atoms with van der Waals surface area (Å²) in [5.74, 6) is 2.14. The fourth-order valence-corrected chi connectivity index (χ4v) is 2.94. The first kappa shape index (κ1) is 19.1. The average molecular weight is 369 g/mol. The monoisotopic (exact) mass is 369 g/mol. The number of benzene rings is 2. The molecular weight excluding hydrogens is 342 g/mol. The Bertz CT molecular complexity index is 829. The zero-order valence-corrected chi connectivity index (χ0v) is 16.4. The van der Waals surface area contributed by atoms with Gasteiger partial charge in [-0.25, -0.2) is 0 Å². The van der Waals surface area contributed by atoms with Crippen molar-refractivity contribution in [1.82, 2.24) is 5.32 Å². The Labute approximate surface area is 160 Å². The molecule has 27 heavy (non-hydrogen) atoms. The SMILES string of the molecule is Cc1ccc(C)c(OCC(=O)NCC(C)(C)c2ccc3c(c2)OCCO3)c1. The first-order valence-corrected chi connectivity index (χ1v) is 9.22. The van der Waals surface area contributed by atoms with Crippen LogP contribution in [0, 0.1) is 13.8 Å². The van der Waals surface area contributed by atoms with Gasteiger partial charge in [0.25, 0.3) is 5.91 Å². The van der Waals surface area contributed by atoms with Crippen molar-refractivity contribution in [3.63, 3.8) is 0 Å². The lowest BCUT2D eigenvalue weighted by Gasteiger charge is -2.27. The molecular formula is C22H27NO4. The maximum Gasteiger partial charge on any atom is 0.257 e. The molecule has 1 heterocycles. The van der Waals surface area contributed by atoms with Crippen LogP contribution >= 0.6 is 0 Å². The highest BCUT2D eigenvalue weighted by atomic mass is 16.6. The van der Waals surface area contributed by atoms with E-state index >= 15 is 0 Å². The van der Waals surface area contributed by atoms with E-state index in [1.54, 1.807) is 0 Å². The molecule has 0 atom stereocenters. The third-order valence-corrected chi connectivity index (χ3v) is 4.75. The van der Waals surface area contributed by atoms with Crippen LogP contribution in [0.25, 0.3) is 0 Å². The summed E-state index contributed by atoms with van der Waals surface area (Å²) < 4.78 is 16.9. The standard InChI is InChI=1S/C22H27NO4/c1-15-5-6-16(2)19(11-15)27-13-21(24)23-14-22(3,4)17-7-8-18-20(12-17)26-10-9-25-18/h5-8,11-12H,9-10,13-14H2,1-4H3,(H,23,24). The summed E-state index contributed by atoms with van der Waals surface area (Å²) >= 11 is 0. The number of carbonyl (C=O) groups excluding carboxylic acids is 1. The van der Waals surface area contributed by atoms with Crippen LogP contribution in [0.3, 0.4) is 0 Å². The summed E-state index contributed by atoms with van der Waals surface area (Å²) in [6.07, 6.45) is 0. The van der Waals surface area contributed by atoms with E-state index in [4.69, 9.17) is 14.2 Å². The number of nitrogens with one attached hydrogen (secondary N) is 1. The van der Waals surface area contributed by atoms with E-state index in [2.05, 4.69) is 19.2 Å². The molecule has 5 heteroatoms. The predicted molar refractivity (Wildman–Crippen MR) is 105 cm³/mol. The minimum atomic E-state index is -0.245. The van der Waals surface area contributed by atoms with Crippen molar-refractivity contribution in [1.29, 1.82) is 0 Å². The second-order valence-corrected chi connectivity index (χ2v) is 7.58. The molecule has 0 radical (unpaired) electrons. The van der Waals surface area contributed by atoms with E-state index in [0.717, 1.165) is 33.9 Å². The van der Waals surface area contributed by atoms with Gasteiger partial charge < -0.3 is 19.5 Å². The van der Waals surface area contributed by atoms with Gasteiger partial charge in [-0.15, -0.1) is 0 Å². The molecule has 1 amide bonds. The molecule has 0 aliphatic carbocycles. The van der Waals surface area contributed by atoms with E-state index < -0.39 is 0 Å². The maximum atomic E-state index is 12.2. The van der Waals surface area contributed by atoms with Crippen molar-refractivity contribution >= 4 is 5.91 Å². The molecule has 2 aromatic rings. The van der Waals surface area contributed by atoms with Crippen LogP contribution in [0.5, 0.6) is 17.2 Å². The second kappa shape index (κ2) is 7.91. The van der Waals surface area contributed by atoms with E-state index in [0.29, 0.717) is 19.8 Å². The van der Waals surface area contributed by atoms with Gasteiger partial charge in [0.1, 0.15) is 19.0 Å². The Balaban J connectivity index is 1.56. The lowest BCUT2D eigenvalue weighted by Crippen LogP contribution is -2.39. The zero-order chi connectivity index (χ0) is 19.4. The van der Waals surface area contributed by atoms with E-state index in [-0.39, 0.29) is 17.9 Å². The third kappa shape index (κ3) is 4.73. The Morgan fingerprint density at radius 3 is 2.59 bits per heavy atom. The molecule has 1 N–H and O–H groups in total. The first-order chi connectivity index (χ1) is 12.8. The molecule has 2 aromatic carbocycles. The highest BCUT2D eigenvalue weighted by molar-refractivity contribution is 5.77. The van der Waals surface area contributed by atoms with E-state index in [1.807, 2.05) is 50.2 Å². The number of amides is 1. The smallest absolute Gasteiger partial charge is 0.257 e. The highest BCUT2D eigenvalue weighted by Crippen LogP contribution is 2.34. The summed E-state index contributed by atoms with van der Waals surface area (Å²) in [5, 5.41) is 2.97. The van der Waals surface area contributed by atoms with Gasteiger partial charge >= 0.3 is 0 Å². The number of rotatable bonds is 6. The Hall–Kier alpha value is -2.69. The molecule has 144 valence electrons. The number of carbonyl (C=O) groups is 1. The van der Waals surface area contributed by atoms with Crippen molar-refractivity contribution in [2.24, 2.45) is 0 Å². The van der Waals surface area contributed by atoms with Gasteiger partial charge in [0.15, 0.2) is 18.1 Å². The van der Waals surface area contributed by atoms with Crippen LogP contribution in [0.2, 0.25) is 0 Å². The molecule has 0 fully saturated rings. The van der Waals surface area contributed by atoms with Gasteiger partial charge in [-0.1, -0.05) is 32.0 Å². The topological polar surface area (TPSA) is 56.8 Å². The van der Waals surface area contributed by atoms with Gasteiger partial charge in [0, 0.05) is 12.0 Å². The lowest BCUT2D eigenvalue weighted by molar-refractivity contribution is -0.123. The van der Waals surface area contributed by atoms with Gasteiger partial charge in [-0.05, 0) is 48.7 Å². The number of aryl methyl sites for hydroxylation is 2. The minimum absolute atomic E-state index is 0.00150. The number of ether oxygens (including phenoxy) is 3. The molecule has 5 nitrogen and oxygen atoms in total. The molecule has 0 bridgehead atoms. The molecule has 0 saturated heterocycles. The van der Waals surface area contributed by atoms with Gasteiger partial charge in [0.05, 0.1) is 0 Å². The Kier molecular flexibility index (Phi) is 5.59. The Morgan fingerprint density at radius 2 is 1.81 bits per heavy atom. The predicted octanol–water partition coefficient (Wildman–Crippen LogP) is 3.55. The summed E-state index contributed by atoms with van der Waals surface area (Å²) in [6.45, 7) is 9.78. The summed E-state index contributed by atoms with van der Waals surface area (Å²) in [4.78, 5) is 12.2. The molecule has 1 aliphatic rings. The zero-order valence-electron chi connectivity index (χ0n) is 16.4. The summed E-state index contributed by atoms with van der Waals surface area (Å²) in [7, 11) is 0. The van der Waals surface area contributed by atoms with Gasteiger partial charge in [-0.3, -0.25) is 4.79 Å². The van der Waals surface area contributed by atoms with Crippen LogP contribution in [-0.2, 0) is 10.2 Å². The van der Waals surface area contributed by atoms with Crippen molar-refractivity contribution in [3.8, 4) is 17.2 Å². The van der Waals surface area contributed by atoms with Gasteiger partial charge in [0.2, 0.25) is 0 Å². The average Bonchev–Trinajstić information content (AvgIpc) is 2.66. The quantitative estimate of drug-likeness (QED) is 0.846. The fraction of sp³-hybridized carbons (Fsp3) is 0.409. The van der Waals surface area contributed by atoms with Crippen LogP contribution in [0.15, 0.2) is 36.4 Å². The molecule has 0 spiro atoms. The van der Waals surface area contributed by atoms with Crippen molar-refractivity contribution < 1.29 is 19.0 Å². The van der Waals surface area contributed by atoms with Crippen LogP contribution in [0.1, 0.15) is 30.5 Å². The Morgan fingerprint density at radius 1 is 1.07 bits per heavy atom. The molecule has 0 unspecified atom stereocenters. The van der Waals surface area contributed by atoms with Crippen molar-refractivity contribution in [2.75, 3.05) is 26.4 Å². The van der Waals surface area contributed by atoms with Crippen molar-refractivity contribution in [2.45, 2.75) is 33.1 Å². The van der Waals surface area contributed by atoms with Crippen molar-refractivity contribution in [3.05, 3.63) is 53.1 Å². The largest absolute Gasteiger partial charge is 0.486 e. The third-order valence-electron chi connectivity index (χ3n) is 4.75. The first-order valence-electron chi connectivity index (χ1n) is 9.22. The second-order valence-electron chi connectivity index (χ2n) is 7.58. The normalized spacial score (nSPS) is 13.2. The number of fused-ring (bicyclic) bond motifs is 1. The minimum Gasteiger partial charge on any atom is -0.486 e. The lowest BCUT2D eigenvalue weighted by atomic mass is 9.84. The van der Waals surface area contributed by atoms with E-state index in [9.17, 15) is 4.79 Å². The number of hydrogen-bond donors (Lipinski definition) is 1. The molecule has 0 saturated carbocycles. The van der Waals surface area contributed by atoms with E-state index in [1.165, 1.54) is 0 Å². The summed E-state index contributed by atoms with van der Waals surface area (Å²) in [5.41, 5.74) is 2.97.